The van der Waals surface area contributed by atoms with Gasteiger partial charge in [0.25, 0.3) is 5.92 Å². The lowest BCUT2D eigenvalue weighted by molar-refractivity contribution is 0.0180. The first-order valence-corrected chi connectivity index (χ1v) is 3.86. The Hall–Kier alpha value is -1.01. The van der Waals surface area contributed by atoms with E-state index in [-0.39, 0.29) is 5.46 Å². The summed E-state index contributed by atoms with van der Waals surface area (Å²) in [6, 6.07) is 2.41. The van der Waals surface area contributed by atoms with Crippen molar-refractivity contribution in [1.29, 1.82) is 0 Å². The van der Waals surface area contributed by atoms with E-state index in [0.717, 1.165) is 12.1 Å². The summed E-state index contributed by atoms with van der Waals surface area (Å²) in [6.07, 6.45) is 0. The van der Waals surface area contributed by atoms with Gasteiger partial charge in [0.2, 0.25) is 0 Å². The Morgan fingerprint density at radius 2 is 1.86 bits per heavy atom. The second kappa shape index (κ2) is 3.63. The molecule has 0 heterocycles. The van der Waals surface area contributed by atoms with E-state index in [2.05, 4.69) is 0 Å². The highest BCUT2D eigenvalue weighted by molar-refractivity contribution is 6.59. The van der Waals surface area contributed by atoms with Crippen LogP contribution in [-0.2, 0) is 5.92 Å². The number of rotatable bonds is 2. The first-order valence-electron chi connectivity index (χ1n) is 3.86. The van der Waals surface area contributed by atoms with Crippen LogP contribution in [0.3, 0.4) is 0 Å². The average molecular weight is 204 g/mol. The maximum Gasteiger partial charge on any atom is 0.488 e. The van der Waals surface area contributed by atoms with Gasteiger partial charge in [-0.1, -0.05) is 6.07 Å². The second-order valence-electron chi connectivity index (χ2n) is 2.99. The molecular weight excluding hydrogens is 196 g/mol. The Labute approximate surface area is 79.1 Å². The average Bonchev–Trinajstić information content (AvgIpc) is 2.01. The predicted octanol–water partition coefficient (Wildman–Crippen LogP) is 0.617. The molecule has 1 rings (SSSR count). The molecule has 0 radical (unpaired) electrons. The molecule has 14 heavy (non-hydrogen) atoms. The van der Waals surface area contributed by atoms with Gasteiger partial charge >= 0.3 is 7.12 Å². The van der Waals surface area contributed by atoms with Crippen LogP contribution in [0.25, 0.3) is 0 Å². The Balaban J connectivity index is 3.30. The van der Waals surface area contributed by atoms with E-state index in [1.54, 1.807) is 0 Å². The van der Waals surface area contributed by atoms with Crippen LogP contribution in [0.15, 0.2) is 18.2 Å². The molecule has 0 aromatic heterocycles. The molecule has 0 atom stereocenters. The summed E-state index contributed by atoms with van der Waals surface area (Å²) in [5.74, 6) is -4.15. The van der Waals surface area contributed by atoms with Crippen LogP contribution < -0.4 is 5.46 Å². The van der Waals surface area contributed by atoms with E-state index in [1.165, 1.54) is 0 Å². The van der Waals surface area contributed by atoms with Gasteiger partial charge in [-0.3, -0.25) is 0 Å². The lowest BCUT2D eigenvalue weighted by atomic mass is 9.75. The zero-order valence-electron chi connectivity index (χ0n) is 7.34. The van der Waals surface area contributed by atoms with E-state index in [1.807, 2.05) is 0 Å². The molecular formula is C8H8BF3O2. The van der Waals surface area contributed by atoms with Crippen molar-refractivity contribution in [3.8, 4) is 0 Å². The molecule has 6 heteroatoms. The van der Waals surface area contributed by atoms with Crippen LogP contribution in [0.5, 0.6) is 0 Å². The van der Waals surface area contributed by atoms with Gasteiger partial charge in [-0.05, 0) is 17.6 Å². The predicted molar refractivity (Wildman–Crippen MR) is 45.8 cm³/mol. The molecule has 2 nitrogen and oxygen atoms in total. The fourth-order valence-electron chi connectivity index (χ4n) is 1.13. The summed E-state index contributed by atoms with van der Waals surface area (Å²) >= 11 is 0. The summed E-state index contributed by atoms with van der Waals surface area (Å²) < 4.78 is 38.4. The minimum atomic E-state index is -3.30. The quantitative estimate of drug-likeness (QED) is 0.693. The Morgan fingerprint density at radius 1 is 1.29 bits per heavy atom. The maximum atomic E-state index is 12.9. The van der Waals surface area contributed by atoms with Gasteiger partial charge < -0.3 is 10.0 Å². The summed E-state index contributed by atoms with van der Waals surface area (Å²) in [5, 5.41) is 17.5. The number of hydrogen-bond acceptors (Lipinski definition) is 2. The Kier molecular flexibility index (Phi) is 2.87. The third-order valence-electron chi connectivity index (χ3n) is 1.77. The number of halogens is 3. The summed E-state index contributed by atoms with van der Waals surface area (Å²) in [4.78, 5) is 0. The third-order valence-corrected chi connectivity index (χ3v) is 1.77. The molecule has 1 aromatic rings. The Bertz CT molecular complexity index is 336. The molecule has 0 aliphatic rings. The third kappa shape index (κ3) is 2.27. The van der Waals surface area contributed by atoms with Gasteiger partial charge in [0.05, 0.1) is 0 Å². The zero-order valence-corrected chi connectivity index (χ0v) is 7.34. The van der Waals surface area contributed by atoms with E-state index < -0.39 is 24.4 Å². The van der Waals surface area contributed by atoms with E-state index >= 15 is 0 Å². The first kappa shape index (κ1) is 11.1. The topological polar surface area (TPSA) is 40.5 Å². The molecule has 1 aromatic carbocycles. The van der Waals surface area contributed by atoms with Crippen molar-refractivity contribution in [2.24, 2.45) is 0 Å². The number of benzene rings is 1. The monoisotopic (exact) mass is 204 g/mol. The standard InChI is InChI=1S/C8H8BF3O2/c1-8(11,12)6-4-5(10)2-3-7(6)9(13)14/h2-4,13-14H,1H3. The lowest BCUT2D eigenvalue weighted by Crippen LogP contribution is -2.36. The van der Waals surface area contributed by atoms with Crippen LogP contribution in [0.1, 0.15) is 12.5 Å². The lowest BCUT2D eigenvalue weighted by Gasteiger charge is -2.15. The largest absolute Gasteiger partial charge is 0.488 e. The van der Waals surface area contributed by atoms with Crippen molar-refractivity contribution < 1.29 is 23.2 Å². The number of hydrogen-bond donors (Lipinski definition) is 2. The van der Waals surface area contributed by atoms with Gasteiger partial charge in [-0.2, -0.15) is 0 Å². The van der Waals surface area contributed by atoms with Crippen LogP contribution in [-0.4, -0.2) is 17.2 Å². The minimum Gasteiger partial charge on any atom is -0.423 e. The zero-order chi connectivity index (χ0) is 10.9. The summed E-state index contributed by atoms with van der Waals surface area (Å²) in [7, 11) is -2.03. The normalized spacial score (nSPS) is 11.6. The molecule has 0 saturated heterocycles. The molecule has 76 valence electrons. The van der Waals surface area contributed by atoms with Gasteiger partial charge in [0.1, 0.15) is 5.82 Å². The smallest absolute Gasteiger partial charge is 0.423 e. The van der Waals surface area contributed by atoms with Gasteiger partial charge in [-0.15, -0.1) is 0 Å². The summed E-state index contributed by atoms with van der Waals surface area (Å²) in [5.41, 5.74) is -1.11. The molecule has 0 spiro atoms. The molecule has 0 unspecified atom stereocenters. The van der Waals surface area contributed by atoms with Gasteiger partial charge in [-0.25, -0.2) is 13.2 Å². The molecule has 0 bridgehead atoms. The van der Waals surface area contributed by atoms with Crippen LogP contribution in [0.4, 0.5) is 13.2 Å². The fourth-order valence-corrected chi connectivity index (χ4v) is 1.13. The van der Waals surface area contributed by atoms with Gasteiger partial charge in [0, 0.05) is 12.5 Å². The van der Waals surface area contributed by atoms with E-state index in [9.17, 15) is 13.2 Å². The van der Waals surface area contributed by atoms with E-state index in [4.69, 9.17) is 10.0 Å². The maximum absolute atomic E-state index is 12.9. The highest BCUT2D eigenvalue weighted by Gasteiger charge is 2.31. The van der Waals surface area contributed by atoms with Crippen LogP contribution in [0.2, 0.25) is 0 Å². The van der Waals surface area contributed by atoms with Crippen molar-refractivity contribution in [3.63, 3.8) is 0 Å². The highest BCUT2D eigenvalue weighted by atomic mass is 19.3. The van der Waals surface area contributed by atoms with Crippen molar-refractivity contribution >= 4 is 12.6 Å². The van der Waals surface area contributed by atoms with Crippen LogP contribution >= 0.6 is 0 Å². The minimum absolute atomic E-state index is 0.390. The summed E-state index contributed by atoms with van der Waals surface area (Å²) in [6.45, 7) is 0.563. The SMILES string of the molecule is CC(F)(F)c1cc(F)ccc1B(O)O. The molecule has 2 N–H and O–H groups in total. The van der Waals surface area contributed by atoms with Crippen molar-refractivity contribution in [3.05, 3.63) is 29.6 Å². The van der Waals surface area contributed by atoms with E-state index in [0.29, 0.717) is 13.0 Å². The molecule has 0 aliphatic heterocycles. The van der Waals surface area contributed by atoms with Crippen LogP contribution in [0, 0.1) is 5.82 Å². The van der Waals surface area contributed by atoms with Crippen molar-refractivity contribution in [2.75, 3.05) is 0 Å². The first-order chi connectivity index (χ1) is 6.32. The van der Waals surface area contributed by atoms with Gasteiger partial charge in [0.15, 0.2) is 0 Å². The Morgan fingerprint density at radius 3 is 2.29 bits per heavy atom. The fraction of sp³-hybridized carbons (Fsp3) is 0.250. The molecule has 0 amide bonds. The van der Waals surface area contributed by atoms with Crippen molar-refractivity contribution in [1.82, 2.24) is 0 Å². The number of alkyl halides is 2. The second-order valence-corrected chi connectivity index (χ2v) is 2.99. The van der Waals surface area contributed by atoms with Crippen molar-refractivity contribution in [2.45, 2.75) is 12.8 Å². The molecule has 0 aliphatic carbocycles. The molecule has 0 fully saturated rings. The molecule has 0 saturated carbocycles. The highest BCUT2D eigenvalue weighted by Crippen LogP contribution is 2.25.